The van der Waals surface area contributed by atoms with Crippen molar-refractivity contribution in [2.75, 3.05) is 20.2 Å². The molecule has 0 atom stereocenters. The molecular formula is C21H25N3O3. The Morgan fingerprint density at radius 2 is 1.81 bits per heavy atom. The van der Waals surface area contributed by atoms with Gasteiger partial charge in [-0.25, -0.2) is 0 Å². The van der Waals surface area contributed by atoms with E-state index in [1.807, 2.05) is 29.2 Å². The van der Waals surface area contributed by atoms with Crippen LogP contribution in [0.15, 0.2) is 42.7 Å². The first-order valence-corrected chi connectivity index (χ1v) is 9.22. The summed E-state index contributed by atoms with van der Waals surface area (Å²) in [5.41, 5.74) is 1.81. The molecule has 0 bridgehead atoms. The Balaban J connectivity index is 1.61. The number of benzene rings is 1. The number of rotatable bonds is 5. The van der Waals surface area contributed by atoms with Crippen LogP contribution in [-0.4, -0.2) is 41.9 Å². The lowest BCUT2D eigenvalue weighted by Crippen LogP contribution is -2.38. The molecule has 1 N–H and O–H groups in total. The van der Waals surface area contributed by atoms with Crippen LogP contribution in [0, 0.1) is 5.92 Å². The minimum Gasteiger partial charge on any atom is -0.497 e. The molecule has 2 amide bonds. The fourth-order valence-electron chi connectivity index (χ4n) is 3.10. The number of ether oxygens (including phenoxy) is 1. The number of likely N-dealkylation sites (tertiary alicyclic amines) is 1. The molecule has 0 spiro atoms. The molecule has 3 rings (SSSR count). The highest BCUT2D eigenvalue weighted by Gasteiger charge is 2.22. The Bertz CT molecular complexity index is 797. The second kappa shape index (κ2) is 8.66. The highest BCUT2D eigenvalue weighted by Crippen LogP contribution is 2.18. The van der Waals surface area contributed by atoms with E-state index in [4.69, 9.17) is 4.74 Å². The lowest BCUT2D eigenvalue weighted by atomic mass is 9.98. The van der Waals surface area contributed by atoms with Crippen LogP contribution in [0.5, 0.6) is 5.75 Å². The molecule has 1 aliphatic heterocycles. The van der Waals surface area contributed by atoms with Crippen LogP contribution < -0.4 is 10.1 Å². The predicted octanol–water partition coefficient (Wildman–Crippen LogP) is 2.89. The second-order valence-corrected chi connectivity index (χ2v) is 6.97. The molecule has 0 radical (unpaired) electrons. The van der Waals surface area contributed by atoms with E-state index in [1.54, 1.807) is 13.2 Å². The predicted molar refractivity (Wildman–Crippen MR) is 103 cm³/mol. The molecule has 1 saturated heterocycles. The van der Waals surface area contributed by atoms with Crippen molar-refractivity contribution in [1.29, 1.82) is 0 Å². The molecule has 2 aromatic rings. The third-order valence-electron chi connectivity index (χ3n) is 4.93. The van der Waals surface area contributed by atoms with Crippen LogP contribution in [0.3, 0.4) is 0 Å². The summed E-state index contributed by atoms with van der Waals surface area (Å²) < 4.78 is 5.12. The van der Waals surface area contributed by atoms with Gasteiger partial charge in [-0.1, -0.05) is 19.1 Å². The van der Waals surface area contributed by atoms with Crippen LogP contribution in [0.25, 0.3) is 0 Å². The number of carbonyl (C=O) groups is 2. The van der Waals surface area contributed by atoms with E-state index in [0.29, 0.717) is 23.6 Å². The molecule has 0 aliphatic carbocycles. The lowest BCUT2D eigenvalue weighted by molar-refractivity contribution is 0.0697. The van der Waals surface area contributed by atoms with Crippen LogP contribution in [0.4, 0.5) is 0 Å². The Morgan fingerprint density at radius 1 is 1.15 bits per heavy atom. The maximum absolute atomic E-state index is 12.7. The zero-order valence-electron chi connectivity index (χ0n) is 15.8. The van der Waals surface area contributed by atoms with Gasteiger partial charge in [0.15, 0.2) is 0 Å². The van der Waals surface area contributed by atoms with Crippen LogP contribution in [0.2, 0.25) is 0 Å². The molecule has 1 aromatic carbocycles. The molecule has 2 heterocycles. The summed E-state index contributed by atoms with van der Waals surface area (Å²) in [6.07, 6.45) is 5.04. The van der Waals surface area contributed by atoms with Gasteiger partial charge in [0.05, 0.1) is 18.2 Å². The highest BCUT2D eigenvalue weighted by molar-refractivity contribution is 5.99. The standard InChI is InChI=1S/C21H25N3O3/c1-15-7-9-24(10-8-15)21(26)18-11-17(13-22-14-18)20(25)23-12-16-3-5-19(27-2)6-4-16/h3-6,11,13-15H,7-10,12H2,1-2H3,(H,23,25). The first-order valence-electron chi connectivity index (χ1n) is 9.22. The van der Waals surface area contributed by atoms with Gasteiger partial charge in [0.1, 0.15) is 5.75 Å². The Hall–Kier alpha value is -2.89. The minimum atomic E-state index is -0.250. The first kappa shape index (κ1) is 18.9. The fraction of sp³-hybridized carbons (Fsp3) is 0.381. The number of methoxy groups -OCH3 is 1. The second-order valence-electron chi connectivity index (χ2n) is 6.97. The number of nitrogens with zero attached hydrogens (tertiary/aromatic N) is 2. The van der Waals surface area contributed by atoms with E-state index in [2.05, 4.69) is 17.2 Å². The lowest BCUT2D eigenvalue weighted by Gasteiger charge is -2.30. The van der Waals surface area contributed by atoms with E-state index in [9.17, 15) is 9.59 Å². The zero-order chi connectivity index (χ0) is 19.2. The third kappa shape index (κ3) is 4.84. The summed E-state index contributed by atoms with van der Waals surface area (Å²) in [6, 6.07) is 9.11. The van der Waals surface area contributed by atoms with Gasteiger partial charge in [-0.05, 0) is 42.5 Å². The molecule has 6 heteroatoms. The number of aromatic nitrogens is 1. The van der Waals surface area contributed by atoms with Gasteiger partial charge >= 0.3 is 0 Å². The molecule has 1 fully saturated rings. The van der Waals surface area contributed by atoms with Gasteiger partial charge in [0, 0.05) is 32.0 Å². The number of carbonyl (C=O) groups excluding carboxylic acids is 2. The topological polar surface area (TPSA) is 71.5 Å². The highest BCUT2D eigenvalue weighted by atomic mass is 16.5. The summed E-state index contributed by atoms with van der Waals surface area (Å²) in [7, 11) is 1.61. The van der Waals surface area contributed by atoms with Crippen molar-refractivity contribution in [2.24, 2.45) is 5.92 Å². The molecule has 0 saturated carbocycles. The summed E-state index contributed by atoms with van der Waals surface area (Å²) in [5.74, 6) is 1.12. The van der Waals surface area contributed by atoms with Crippen LogP contribution in [-0.2, 0) is 6.54 Å². The van der Waals surface area contributed by atoms with Crippen molar-refractivity contribution in [1.82, 2.24) is 15.2 Å². The van der Waals surface area contributed by atoms with Gasteiger partial charge in [-0.2, -0.15) is 0 Å². The van der Waals surface area contributed by atoms with Crippen molar-refractivity contribution in [3.8, 4) is 5.75 Å². The average molecular weight is 367 g/mol. The monoisotopic (exact) mass is 367 g/mol. The van der Waals surface area contributed by atoms with Crippen molar-refractivity contribution < 1.29 is 14.3 Å². The fourth-order valence-corrected chi connectivity index (χ4v) is 3.10. The molecule has 1 aromatic heterocycles. The van der Waals surface area contributed by atoms with Crippen molar-refractivity contribution in [2.45, 2.75) is 26.3 Å². The van der Waals surface area contributed by atoms with Gasteiger partial charge in [-0.15, -0.1) is 0 Å². The van der Waals surface area contributed by atoms with Gasteiger partial charge < -0.3 is 15.0 Å². The minimum absolute atomic E-state index is 0.0563. The van der Waals surface area contributed by atoms with Gasteiger partial charge in [0.25, 0.3) is 11.8 Å². The van der Waals surface area contributed by atoms with Crippen molar-refractivity contribution in [3.05, 3.63) is 59.4 Å². The number of nitrogens with one attached hydrogen (secondary N) is 1. The Labute approximate surface area is 159 Å². The molecule has 142 valence electrons. The summed E-state index contributed by atoms with van der Waals surface area (Å²) in [5, 5.41) is 2.86. The third-order valence-corrected chi connectivity index (χ3v) is 4.93. The van der Waals surface area contributed by atoms with Gasteiger partial charge in [0.2, 0.25) is 0 Å². The number of piperidine rings is 1. The largest absolute Gasteiger partial charge is 0.497 e. The quantitative estimate of drug-likeness (QED) is 0.882. The van der Waals surface area contributed by atoms with E-state index in [-0.39, 0.29) is 11.8 Å². The maximum Gasteiger partial charge on any atom is 0.255 e. The maximum atomic E-state index is 12.7. The molecule has 1 aliphatic rings. The van der Waals surface area contributed by atoms with E-state index in [0.717, 1.165) is 37.2 Å². The van der Waals surface area contributed by atoms with Crippen LogP contribution >= 0.6 is 0 Å². The normalized spacial score (nSPS) is 14.7. The smallest absolute Gasteiger partial charge is 0.255 e. The number of pyridine rings is 1. The van der Waals surface area contributed by atoms with E-state index in [1.165, 1.54) is 12.4 Å². The molecule has 0 unspecified atom stereocenters. The van der Waals surface area contributed by atoms with E-state index >= 15 is 0 Å². The zero-order valence-corrected chi connectivity index (χ0v) is 15.8. The summed E-state index contributed by atoms with van der Waals surface area (Å²) in [4.78, 5) is 31.0. The van der Waals surface area contributed by atoms with E-state index < -0.39 is 0 Å². The number of amides is 2. The number of hydrogen-bond acceptors (Lipinski definition) is 4. The first-order chi connectivity index (χ1) is 13.1. The van der Waals surface area contributed by atoms with Crippen molar-refractivity contribution in [3.63, 3.8) is 0 Å². The van der Waals surface area contributed by atoms with Crippen LogP contribution in [0.1, 0.15) is 46.0 Å². The molecular weight excluding hydrogens is 342 g/mol. The Kier molecular flexibility index (Phi) is 6.06. The average Bonchev–Trinajstić information content (AvgIpc) is 2.72. The molecule has 6 nitrogen and oxygen atoms in total. The Morgan fingerprint density at radius 3 is 2.48 bits per heavy atom. The summed E-state index contributed by atoms with van der Waals surface area (Å²) in [6.45, 7) is 4.12. The SMILES string of the molecule is COc1ccc(CNC(=O)c2cncc(C(=O)N3CCC(C)CC3)c2)cc1. The van der Waals surface area contributed by atoms with Crippen molar-refractivity contribution >= 4 is 11.8 Å². The summed E-state index contributed by atoms with van der Waals surface area (Å²) >= 11 is 0. The molecule has 27 heavy (non-hydrogen) atoms. The number of hydrogen-bond donors (Lipinski definition) is 1. The van der Waals surface area contributed by atoms with Gasteiger partial charge in [-0.3, -0.25) is 14.6 Å².